The molecule has 1 aromatic heterocycles. The van der Waals surface area contributed by atoms with Crippen LogP contribution in [-0.2, 0) is 0 Å². The van der Waals surface area contributed by atoms with Crippen molar-refractivity contribution in [2.45, 2.75) is 13.8 Å². The molecule has 0 bridgehead atoms. The Bertz CT molecular complexity index is 543. The van der Waals surface area contributed by atoms with Crippen LogP contribution in [0.5, 0.6) is 11.5 Å². The van der Waals surface area contributed by atoms with Crippen LogP contribution >= 0.6 is 0 Å². The van der Waals surface area contributed by atoms with Gasteiger partial charge >= 0.3 is 0 Å². The minimum absolute atomic E-state index is 0.172. The van der Waals surface area contributed by atoms with Crippen LogP contribution in [0.2, 0.25) is 0 Å². The first-order valence-corrected chi connectivity index (χ1v) is 6.24. The minimum atomic E-state index is -0.172. The van der Waals surface area contributed by atoms with Gasteiger partial charge in [-0.3, -0.25) is 4.79 Å². The van der Waals surface area contributed by atoms with E-state index in [2.05, 4.69) is 0 Å². The molecule has 100 valence electrons. The summed E-state index contributed by atoms with van der Waals surface area (Å²) in [6, 6.07) is 8.45. The molecule has 0 fully saturated rings. The van der Waals surface area contributed by atoms with Crippen molar-refractivity contribution in [3.63, 3.8) is 0 Å². The second-order valence-electron chi connectivity index (χ2n) is 3.83. The molecule has 0 unspecified atom stereocenters. The highest BCUT2D eigenvalue weighted by atomic mass is 16.5. The maximum atomic E-state index is 12.1. The lowest BCUT2D eigenvalue weighted by Crippen LogP contribution is -2.03. The molecule has 4 nitrogen and oxygen atoms in total. The summed E-state index contributed by atoms with van der Waals surface area (Å²) in [5.74, 6) is 1.35. The van der Waals surface area contributed by atoms with Crippen molar-refractivity contribution in [1.82, 2.24) is 0 Å². The smallest absolute Gasteiger partial charge is 0.228 e. The van der Waals surface area contributed by atoms with E-state index in [1.54, 1.807) is 30.3 Å². The number of benzene rings is 1. The summed E-state index contributed by atoms with van der Waals surface area (Å²) in [6.07, 6.45) is 1.48. The second-order valence-corrected chi connectivity index (χ2v) is 3.83. The van der Waals surface area contributed by atoms with Gasteiger partial charge in [-0.15, -0.1) is 0 Å². The van der Waals surface area contributed by atoms with Gasteiger partial charge in [0.2, 0.25) is 5.78 Å². The van der Waals surface area contributed by atoms with Crippen LogP contribution in [0, 0.1) is 0 Å². The molecule has 2 rings (SSSR count). The Morgan fingerprint density at radius 2 is 1.84 bits per heavy atom. The number of hydrogen-bond acceptors (Lipinski definition) is 4. The molecule has 0 aliphatic carbocycles. The summed E-state index contributed by atoms with van der Waals surface area (Å²) < 4.78 is 16.1. The van der Waals surface area contributed by atoms with Crippen LogP contribution in [0.4, 0.5) is 0 Å². The molecule has 0 atom stereocenters. The molecule has 4 heteroatoms. The zero-order chi connectivity index (χ0) is 13.7. The van der Waals surface area contributed by atoms with Crippen molar-refractivity contribution in [2.75, 3.05) is 13.2 Å². The van der Waals surface area contributed by atoms with Crippen molar-refractivity contribution >= 4 is 5.78 Å². The van der Waals surface area contributed by atoms with E-state index in [0.717, 1.165) is 0 Å². The van der Waals surface area contributed by atoms with Gasteiger partial charge in [0.25, 0.3) is 0 Å². The van der Waals surface area contributed by atoms with Crippen LogP contribution in [0.25, 0.3) is 0 Å². The van der Waals surface area contributed by atoms with Crippen molar-refractivity contribution in [1.29, 1.82) is 0 Å². The van der Waals surface area contributed by atoms with E-state index in [0.29, 0.717) is 36.0 Å². The normalized spacial score (nSPS) is 10.2. The molecule has 0 aliphatic heterocycles. The molecule has 0 amide bonds. The number of carbonyl (C=O) groups is 1. The first-order valence-electron chi connectivity index (χ1n) is 6.24. The molecule has 2 aromatic rings. The zero-order valence-corrected chi connectivity index (χ0v) is 11.0. The van der Waals surface area contributed by atoms with Gasteiger partial charge in [-0.25, -0.2) is 0 Å². The molecular formula is C15H16O4. The Balaban J connectivity index is 2.32. The third-order valence-corrected chi connectivity index (χ3v) is 2.55. The SMILES string of the molecule is CCOc1ccc(C(=O)c2ccco2)cc1OCC. The van der Waals surface area contributed by atoms with E-state index >= 15 is 0 Å². The Hall–Kier alpha value is -2.23. The highest BCUT2D eigenvalue weighted by Crippen LogP contribution is 2.29. The largest absolute Gasteiger partial charge is 0.490 e. The summed E-state index contributed by atoms with van der Waals surface area (Å²) in [5.41, 5.74) is 0.516. The lowest BCUT2D eigenvalue weighted by Gasteiger charge is -2.11. The van der Waals surface area contributed by atoms with Crippen LogP contribution in [0.15, 0.2) is 41.0 Å². The van der Waals surface area contributed by atoms with Crippen LogP contribution in [-0.4, -0.2) is 19.0 Å². The first-order chi connectivity index (χ1) is 9.26. The number of furan rings is 1. The van der Waals surface area contributed by atoms with Gasteiger partial charge in [-0.2, -0.15) is 0 Å². The molecule has 1 heterocycles. The summed E-state index contributed by atoms with van der Waals surface area (Å²) in [4.78, 5) is 12.1. The van der Waals surface area contributed by atoms with Gasteiger partial charge in [0.15, 0.2) is 17.3 Å². The third kappa shape index (κ3) is 2.96. The van der Waals surface area contributed by atoms with Gasteiger partial charge in [-0.1, -0.05) is 0 Å². The Morgan fingerprint density at radius 3 is 2.47 bits per heavy atom. The van der Waals surface area contributed by atoms with Crippen molar-refractivity contribution < 1.29 is 18.7 Å². The molecule has 0 radical (unpaired) electrons. The Morgan fingerprint density at radius 1 is 1.11 bits per heavy atom. The van der Waals surface area contributed by atoms with Crippen LogP contribution in [0.1, 0.15) is 30.0 Å². The fourth-order valence-corrected chi connectivity index (χ4v) is 1.74. The quantitative estimate of drug-likeness (QED) is 0.748. The molecule has 0 saturated carbocycles. The van der Waals surface area contributed by atoms with E-state index in [1.165, 1.54) is 6.26 Å². The number of ketones is 1. The fraction of sp³-hybridized carbons (Fsp3) is 0.267. The first kappa shape index (κ1) is 13.2. The average molecular weight is 260 g/mol. The third-order valence-electron chi connectivity index (χ3n) is 2.55. The van der Waals surface area contributed by atoms with Crippen molar-refractivity contribution in [2.24, 2.45) is 0 Å². The van der Waals surface area contributed by atoms with E-state index in [9.17, 15) is 4.79 Å². The number of ether oxygens (including phenoxy) is 2. The lowest BCUT2D eigenvalue weighted by atomic mass is 10.1. The molecule has 0 spiro atoms. The zero-order valence-electron chi connectivity index (χ0n) is 11.0. The summed E-state index contributed by atoms with van der Waals surface area (Å²) in [6.45, 7) is 4.85. The van der Waals surface area contributed by atoms with Gasteiger partial charge in [0.1, 0.15) is 0 Å². The highest BCUT2D eigenvalue weighted by molar-refractivity contribution is 6.07. The van der Waals surface area contributed by atoms with Gasteiger partial charge < -0.3 is 13.9 Å². The summed E-state index contributed by atoms with van der Waals surface area (Å²) in [7, 11) is 0. The second kappa shape index (κ2) is 6.09. The van der Waals surface area contributed by atoms with E-state index < -0.39 is 0 Å². The number of carbonyl (C=O) groups excluding carboxylic acids is 1. The van der Waals surface area contributed by atoms with Crippen LogP contribution < -0.4 is 9.47 Å². The van der Waals surface area contributed by atoms with Gasteiger partial charge in [-0.05, 0) is 44.2 Å². The van der Waals surface area contributed by atoms with Crippen molar-refractivity contribution in [3.8, 4) is 11.5 Å². The van der Waals surface area contributed by atoms with Crippen molar-refractivity contribution in [3.05, 3.63) is 47.9 Å². The standard InChI is InChI=1S/C15H16O4/c1-3-17-12-8-7-11(10-14(12)18-4-2)15(16)13-6-5-9-19-13/h5-10H,3-4H2,1-2H3. The topological polar surface area (TPSA) is 48.7 Å². The minimum Gasteiger partial charge on any atom is -0.490 e. The molecule has 0 aliphatic rings. The Kier molecular flexibility index (Phi) is 4.23. The predicted octanol–water partition coefficient (Wildman–Crippen LogP) is 3.31. The van der Waals surface area contributed by atoms with E-state index in [1.807, 2.05) is 13.8 Å². The molecule has 0 N–H and O–H groups in total. The highest BCUT2D eigenvalue weighted by Gasteiger charge is 2.15. The maximum Gasteiger partial charge on any atom is 0.228 e. The number of rotatable bonds is 6. The maximum absolute atomic E-state index is 12.1. The van der Waals surface area contributed by atoms with E-state index in [4.69, 9.17) is 13.9 Å². The molecule has 0 saturated heterocycles. The van der Waals surface area contributed by atoms with Crippen LogP contribution in [0.3, 0.4) is 0 Å². The number of hydrogen-bond donors (Lipinski definition) is 0. The molecule has 19 heavy (non-hydrogen) atoms. The van der Waals surface area contributed by atoms with Gasteiger partial charge in [0.05, 0.1) is 19.5 Å². The lowest BCUT2D eigenvalue weighted by molar-refractivity contribution is 0.101. The summed E-state index contributed by atoms with van der Waals surface area (Å²) in [5, 5.41) is 0. The van der Waals surface area contributed by atoms with E-state index in [-0.39, 0.29) is 5.78 Å². The monoisotopic (exact) mass is 260 g/mol. The summed E-state index contributed by atoms with van der Waals surface area (Å²) >= 11 is 0. The van der Waals surface area contributed by atoms with Gasteiger partial charge in [0, 0.05) is 5.56 Å². The Labute approximate surface area is 111 Å². The molecular weight excluding hydrogens is 244 g/mol. The average Bonchev–Trinajstić information content (AvgIpc) is 2.94. The molecule has 1 aromatic carbocycles. The predicted molar refractivity (Wildman–Crippen MR) is 70.9 cm³/mol. The fourth-order valence-electron chi connectivity index (χ4n) is 1.74.